The summed E-state index contributed by atoms with van der Waals surface area (Å²) in [5.41, 5.74) is 6.18. The topological polar surface area (TPSA) is 26.0 Å². The number of hydrogen-bond acceptors (Lipinski definition) is 2. The van der Waals surface area contributed by atoms with Crippen LogP contribution in [0.5, 0.6) is 0 Å². The number of unbranched alkanes of at least 4 members (excludes halogenated alkanes) is 3. The van der Waals surface area contributed by atoms with Gasteiger partial charge in [0.1, 0.15) is 0 Å². The van der Waals surface area contributed by atoms with E-state index in [4.69, 9.17) is 5.73 Å². The lowest BCUT2D eigenvalue weighted by atomic mass is 9.92. The Balaban J connectivity index is 1.98. The predicted octanol–water partition coefficient (Wildman–Crippen LogP) is 3.82. The van der Waals surface area contributed by atoms with E-state index in [1.807, 2.05) is 0 Å². The van der Waals surface area contributed by atoms with E-state index in [0.717, 1.165) is 5.92 Å². The minimum atomic E-state index is 0.481. The minimum absolute atomic E-state index is 0.481. The first-order valence-corrected chi connectivity index (χ1v) is 7.81. The van der Waals surface area contributed by atoms with Gasteiger partial charge in [-0.1, -0.05) is 32.6 Å². The fourth-order valence-corrected chi connectivity index (χ4v) is 3.57. The van der Waals surface area contributed by atoms with Gasteiger partial charge in [0.15, 0.2) is 0 Å². The van der Waals surface area contributed by atoms with Crippen LogP contribution in [0.15, 0.2) is 0 Å². The maximum atomic E-state index is 6.18. The van der Waals surface area contributed by atoms with Crippen LogP contribution in [0.4, 0.5) is 0 Å². The summed E-state index contributed by atoms with van der Waals surface area (Å²) < 4.78 is 0. The molecule has 0 aliphatic carbocycles. The molecule has 1 fully saturated rings. The van der Waals surface area contributed by atoms with Crippen LogP contribution in [0, 0.1) is 5.92 Å². The van der Waals surface area contributed by atoms with Crippen molar-refractivity contribution < 1.29 is 0 Å². The van der Waals surface area contributed by atoms with E-state index in [-0.39, 0.29) is 0 Å². The summed E-state index contributed by atoms with van der Waals surface area (Å²) in [5, 5.41) is 0. The van der Waals surface area contributed by atoms with E-state index in [2.05, 4.69) is 18.7 Å². The number of rotatable bonds is 7. The molecule has 0 aromatic heterocycles. The molecule has 1 rings (SSSR count). The molecule has 2 N–H and O–H groups in total. The van der Waals surface area contributed by atoms with Crippen LogP contribution in [-0.4, -0.2) is 17.5 Å². The lowest BCUT2D eigenvalue weighted by Gasteiger charge is -2.24. The first kappa shape index (κ1) is 13.4. The van der Waals surface area contributed by atoms with E-state index in [9.17, 15) is 0 Å². The summed E-state index contributed by atoms with van der Waals surface area (Å²) in [6.45, 7) is 2.26. The Hall–Kier alpha value is 0.310. The zero-order valence-corrected chi connectivity index (χ0v) is 11.0. The van der Waals surface area contributed by atoms with Gasteiger partial charge in [-0.05, 0) is 43.1 Å². The normalized spacial score (nSPS) is 20.4. The summed E-state index contributed by atoms with van der Waals surface area (Å²) in [5.74, 6) is 3.67. The molecule has 1 nitrogen and oxygen atoms in total. The van der Waals surface area contributed by atoms with Crippen LogP contribution in [0.2, 0.25) is 0 Å². The average molecular weight is 229 g/mol. The highest BCUT2D eigenvalue weighted by molar-refractivity contribution is 7.99. The molecule has 2 heteroatoms. The second-order valence-electron chi connectivity index (χ2n) is 4.90. The summed E-state index contributed by atoms with van der Waals surface area (Å²) >= 11 is 2.11. The van der Waals surface area contributed by atoms with Crippen molar-refractivity contribution in [2.75, 3.05) is 11.5 Å². The molecule has 0 amide bonds. The first-order chi connectivity index (χ1) is 7.33. The number of nitrogens with two attached hydrogens (primary N) is 1. The molecule has 0 aromatic carbocycles. The van der Waals surface area contributed by atoms with Gasteiger partial charge in [-0.3, -0.25) is 0 Å². The maximum absolute atomic E-state index is 6.18. The Morgan fingerprint density at radius 2 is 1.93 bits per heavy atom. The van der Waals surface area contributed by atoms with Gasteiger partial charge in [0, 0.05) is 6.04 Å². The zero-order valence-electron chi connectivity index (χ0n) is 10.2. The molecule has 0 aromatic rings. The number of hydrogen-bond donors (Lipinski definition) is 1. The fraction of sp³-hybridized carbons (Fsp3) is 1.00. The van der Waals surface area contributed by atoms with Gasteiger partial charge in [-0.25, -0.2) is 0 Å². The Morgan fingerprint density at radius 3 is 2.60 bits per heavy atom. The Kier molecular flexibility index (Phi) is 7.54. The third-order valence-electron chi connectivity index (χ3n) is 3.41. The summed E-state index contributed by atoms with van der Waals surface area (Å²) in [7, 11) is 0. The fourth-order valence-electron chi connectivity index (χ4n) is 2.36. The maximum Gasteiger partial charge on any atom is 0.00414 e. The van der Waals surface area contributed by atoms with Crippen LogP contribution >= 0.6 is 11.8 Å². The van der Waals surface area contributed by atoms with Crippen molar-refractivity contribution in [3.8, 4) is 0 Å². The zero-order chi connectivity index (χ0) is 10.9. The molecule has 90 valence electrons. The highest BCUT2D eigenvalue weighted by atomic mass is 32.2. The molecule has 1 heterocycles. The van der Waals surface area contributed by atoms with E-state index < -0.39 is 0 Å². The van der Waals surface area contributed by atoms with Crippen molar-refractivity contribution in [3.05, 3.63) is 0 Å². The number of thioether (sulfide) groups is 1. The van der Waals surface area contributed by atoms with Crippen LogP contribution in [-0.2, 0) is 0 Å². The van der Waals surface area contributed by atoms with Crippen LogP contribution < -0.4 is 5.73 Å². The van der Waals surface area contributed by atoms with E-state index in [1.54, 1.807) is 0 Å². The lowest BCUT2D eigenvalue weighted by Crippen LogP contribution is -2.25. The van der Waals surface area contributed by atoms with Gasteiger partial charge in [-0.2, -0.15) is 11.8 Å². The van der Waals surface area contributed by atoms with E-state index in [1.165, 1.54) is 62.9 Å². The van der Waals surface area contributed by atoms with Gasteiger partial charge in [-0.15, -0.1) is 0 Å². The third kappa shape index (κ3) is 6.47. The second-order valence-corrected chi connectivity index (χ2v) is 6.13. The second kappa shape index (κ2) is 8.46. The highest BCUT2D eigenvalue weighted by Crippen LogP contribution is 2.26. The Labute approximate surface area is 99.6 Å². The summed E-state index contributed by atoms with van der Waals surface area (Å²) in [4.78, 5) is 0. The predicted molar refractivity (Wildman–Crippen MR) is 71.4 cm³/mol. The molecule has 1 aliphatic rings. The lowest BCUT2D eigenvalue weighted by molar-refractivity contribution is 0.388. The molecule has 15 heavy (non-hydrogen) atoms. The van der Waals surface area contributed by atoms with Gasteiger partial charge >= 0.3 is 0 Å². The Morgan fingerprint density at radius 1 is 1.20 bits per heavy atom. The SMILES string of the molecule is CCCCCCC(N)CC1CCSCC1. The summed E-state index contributed by atoms with van der Waals surface area (Å²) in [6, 6.07) is 0.481. The highest BCUT2D eigenvalue weighted by Gasteiger charge is 2.16. The largest absolute Gasteiger partial charge is 0.328 e. The minimum Gasteiger partial charge on any atom is -0.328 e. The molecular weight excluding hydrogens is 202 g/mol. The molecule has 0 spiro atoms. The van der Waals surface area contributed by atoms with Gasteiger partial charge in [0.05, 0.1) is 0 Å². The van der Waals surface area contributed by atoms with Crippen molar-refractivity contribution in [1.82, 2.24) is 0 Å². The van der Waals surface area contributed by atoms with Crippen LogP contribution in [0.1, 0.15) is 58.3 Å². The van der Waals surface area contributed by atoms with Gasteiger partial charge in [0.25, 0.3) is 0 Å². The molecule has 1 aliphatic heterocycles. The molecule has 1 atom stereocenters. The van der Waals surface area contributed by atoms with Crippen LogP contribution in [0.3, 0.4) is 0 Å². The van der Waals surface area contributed by atoms with Crippen molar-refractivity contribution >= 4 is 11.8 Å². The molecule has 0 radical (unpaired) electrons. The first-order valence-electron chi connectivity index (χ1n) is 6.66. The standard InChI is InChI=1S/C13H27NS/c1-2-3-4-5-6-13(14)11-12-7-9-15-10-8-12/h12-13H,2-11,14H2,1H3. The van der Waals surface area contributed by atoms with Crippen molar-refractivity contribution in [3.63, 3.8) is 0 Å². The quantitative estimate of drug-likeness (QED) is 0.672. The average Bonchev–Trinajstić information content (AvgIpc) is 2.26. The summed E-state index contributed by atoms with van der Waals surface area (Å²) in [6.07, 6.45) is 10.8. The van der Waals surface area contributed by atoms with E-state index in [0.29, 0.717) is 6.04 Å². The van der Waals surface area contributed by atoms with E-state index >= 15 is 0 Å². The van der Waals surface area contributed by atoms with Gasteiger partial charge in [0.2, 0.25) is 0 Å². The van der Waals surface area contributed by atoms with Crippen molar-refractivity contribution in [2.45, 2.75) is 64.3 Å². The smallest absolute Gasteiger partial charge is 0.00414 e. The van der Waals surface area contributed by atoms with Crippen LogP contribution in [0.25, 0.3) is 0 Å². The molecule has 0 bridgehead atoms. The molecule has 0 saturated carbocycles. The third-order valence-corrected chi connectivity index (χ3v) is 4.45. The van der Waals surface area contributed by atoms with Gasteiger partial charge < -0.3 is 5.73 Å². The van der Waals surface area contributed by atoms with Crippen molar-refractivity contribution in [2.24, 2.45) is 11.7 Å². The molecular formula is C13H27NS. The molecule has 1 unspecified atom stereocenters. The molecule has 1 saturated heterocycles. The Bertz CT molecular complexity index is 143. The van der Waals surface area contributed by atoms with Crippen molar-refractivity contribution in [1.29, 1.82) is 0 Å². The monoisotopic (exact) mass is 229 g/mol.